The number of aliphatic hydroxyl groups excluding tert-OH is 2. The van der Waals surface area contributed by atoms with Gasteiger partial charge in [-0.25, -0.2) is 9.59 Å². The van der Waals surface area contributed by atoms with Gasteiger partial charge in [0.25, 0.3) is 5.91 Å². The van der Waals surface area contributed by atoms with Crippen LogP contribution in [0.3, 0.4) is 0 Å². The summed E-state index contributed by atoms with van der Waals surface area (Å²) in [7, 11) is 0. The SMILES string of the molecule is CCC1OC(n2cc(C#CCNC(=O)C(F)(F)F)c(N)nc2=O)CC1O.CCC1OC(n2cc(C#CCNC(C)=O)c(NC(=O)c3ccccc3)nc2=O)CC1O. The maximum atomic E-state index is 12.7. The molecule has 0 saturated carbocycles. The number of aromatic nitrogens is 4. The minimum atomic E-state index is -4.99. The molecule has 2 fully saturated rings. The van der Waals surface area contributed by atoms with E-state index in [1.807, 2.05) is 13.8 Å². The number of benzene rings is 1. The minimum absolute atomic E-state index is 0.0102. The molecular formula is C37H41F3N8O9. The lowest BCUT2D eigenvalue weighted by atomic mass is 10.1. The van der Waals surface area contributed by atoms with Gasteiger partial charge < -0.3 is 41.4 Å². The Hall–Kier alpha value is -6.06. The molecule has 0 aliphatic carbocycles. The van der Waals surface area contributed by atoms with Crippen LogP contribution in [0.1, 0.15) is 80.4 Å². The van der Waals surface area contributed by atoms with E-state index in [1.54, 1.807) is 35.6 Å². The van der Waals surface area contributed by atoms with Gasteiger partial charge in [-0.15, -0.1) is 0 Å². The number of alkyl halides is 3. The fourth-order valence-electron chi connectivity index (χ4n) is 5.60. The van der Waals surface area contributed by atoms with E-state index >= 15 is 0 Å². The van der Waals surface area contributed by atoms with Crippen LogP contribution < -0.4 is 33.1 Å². The van der Waals surface area contributed by atoms with Gasteiger partial charge in [-0.1, -0.05) is 55.7 Å². The van der Waals surface area contributed by atoms with Crippen LogP contribution in [0.25, 0.3) is 0 Å². The lowest BCUT2D eigenvalue weighted by molar-refractivity contribution is -0.173. The van der Waals surface area contributed by atoms with Crippen molar-refractivity contribution in [3.05, 3.63) is 80.4 Å². The van der Waals surface area contributed by atoms with Crippen LogP contribution in [0.5, 0.6) is 0 Å². The summed E-state index contributed by atoms with van der Waals surface area (Å²) in [5.74, 6) is 7.39. The average molecular weight is 799 g/mol. The van der Waals surface area contributed by atoms with E-state index in [0.29, 0.717) is 18.4 Å². The lowest BCUT2D eigenvalue weighted by Crippen LogP contribution is -2.36. The second-order valence-corrected chi connectivity index (χ2v) is 12.6. The van der Waals surface area contributed by atoms with Crippen molar-refractivity contribution in [3.8, 4) is 23.7 Å². The Labute approximate surface area is 323 Å². The number of rotatable bonds is 8. The Morgan fingerprint density at radius 2 is 1.37 bits per heavy atom. The summed E-state index contributed by atoms with van der Waals surface area (Å²) in [6.07, 6.45) is -4.34. The zero-order chi connectivity index (χ0) is 41.9. The van der Waals surface area contributed by atoms with Gasteiger partial charge in [0.2, 0.25) is 5.91 Å². The second kappa shape index (κ2) is 19.7. The summed E-state index contributed by atoms with van der Waals surface area (Å²) < 4.78 is 49.9. The first-order chi connectivity index (χ1) is 27.0. The molecule has 5 rings (SSSR count). The summed E-state index contributed by atoms with van der Waals surface area (Å²) >= 11 is 0. The predicted octanol–water partition coefficient (Wildman–Crippen LogP) is 0.956. The molecule has 0 radical (unpaired) electrons. The van der Waals surface area contributed by atoms with Crippen molar-refractivity contribution >= 4 is 29.4 Å². The third-order valence-corrected chi connectivity index (χ3v) is 8.50. The van der Waals surface area contributed by atoms with Gasteiger partial charge in [0.05, 0.1) is 48.6 Å². The third kappa shape index (κ3) is 12.0. The van der Waals surface area contributed by atoms with Gasteiger partial charge in [0, 0.05) is 37.7 Å². The number of halogens is 3. The smallest absolute Gasteiger partial charge is 0.390 e. The van der Waals surface area contributed by atoms with E-state index in [-0.39, 0.29) is 54.2 Å². The fraction of sp³-hybridized carbons (Fsp3) is 0.432. The molecule has 2 aliphatic heterocycles. The van der Waals surface area contributed by atoms with E-state index < -0.39 is 66.7 Å². The number of nitrogens with zero attached hydrogens (tertiary/aromatic N) is 4. The first kappa shape index (κ1) is 43.7. The van der Waals surface area contributed by atoms with Gasteiger partial charge in [-0.2, -0.15) is 23.1 Å². The Kier molecular flexibility index (Phi) is 15.1. The molecule has 7 N–H and O–H groups in total. The summed E-state index contributed by atoms with van der Waals surface area (Å²) in [5, 5.41) is 26.8. The van der Waals surface area contributed by atoms with Crippen LogP contribution in [-0.2, 0) is 19.1 Å². The standard InChI is InChI=1S/C22H24N4O5.C15H17F3N4O4/c1-3-18-17(28)12-19(31-18)26-13-16(10-7-11-23-14(2)27)20(25-22(26)30)24-21(29)15-8-5-4-6-9-15;1-2-10-9(23)6-11(26-10)22-7-8(12(19)21-14(22)25)4-3-5-20-13(24)15(16,17)18/h4-6,8-9,13,17-19,28H,3,11-12H2,1-2H3,(H,23,27)(H,24,25,29,30);7,9-11,23H,2,5-6H2,1H3,(H,20,24)(H2,19,21,25). The van der Waals surface area contributed by atoms with E-state index in [4.69, 9.17) is 15.2 Å². The van der Waals surface area contributed by atoms with E-state index in [9.17, 15) is 47.4 Å². The van der Waals surface area contributed by atoms with Crippen LogP contribution in [0.2, 0.25) is 0 Å². The molecule has 6 unspecified atom stereocenters. The molecule has 2 aliphatic rings. The third-order valence-electron chi connectivity index (χ3n) is 8.50. The first-order valence-electron chi connectivity index (χ1n) is 17.6. The first-order valence-corrected chi connectivity index (χ1v) is 17.6. The summed E-state index contributed by atoms with van der Waals surface area (Å²) in [5.41, 5.74) is 5.03. The number of nitrogens with two attached hydrogens (primary N) is 1. The van der Waals surface area contributed by atoms with Crippen LogP contribution in [0.15, 0.2) is 52.3 Å². The van der Waals surface area contributed by atoms with E-state index in [1.165, 1.54) is 23.9 Å². The van der Waals surface area contributed by atoms with Gasteiger partial charge in [-0.05, 0) is 25.0 Å². The van der Waals surface area contributed by atoms with Crippen molar-refractivity contribution < 1.29 is 47.2 Å². The Morgan fingerprint density at radius 1 is 0.860 bits per heavy atom. The number of carbonyl (C=O) groups is 3. The molecule has 20 heteroatoms. The number of nitrogen functional groups attached to an aromatic ring is 1. The van der Waals surface area contributed by atoms with Crippen LogP contribution in [0, 0.1) is 23.7 Å². The largest absolute Gasteiger partial charge is 0.471 e. The number of anilines is 2. The number of hydrogen-bond acceptors (Lipinski definition) is 12. The van der Waals surface area contributed by atoms with Crippen LogP contribution in [0.4, 0.5) is 24.8 Å². The molecule has 0 bridgehead atoms. The minimum Gasteiger partial charge on any atom is -0.390 e. The van der Waals surface area contributed by atoms with Gasteiger partial charge >= 0.3 is 23.5 Å². The lowest BCUT2D eigenvalue weighted by Gasteiger charge is -2.16. The van der Waals surface area contributed by atoms with Crippen molar-refractivity contribution in [3.63, 3.8) is 0 Å². The van der Waals surface area contributed by atoms with E-state index in [2.05, 4.69) is 44.3 Å². The molecule has 0 spiro atoms. The molecule has 304 valence electrons. The molecule has 4 heterocycles. The highest BCUT2D eigenvalue weighted by molar-refractivity contribution is 6.04. The second-order valence-electron chi connectivity index (χ2n) is 12.6. The highest BCUT2D eigenvalue weighted by atomic mass is 19.4. The van der Waals surface area contributed by atoms with Crippen molar-refractivity contribution in [2.24, 2.45) is 0 Å². The van der Waals surface area contributed by atoms with Crippen molar-refractivity contribution in [1.29, 1.82) is 0 Å². The van der Waals surface area contributed by atoms with Crippen molar-refractivity contribution in [2.45, 2.75) is 89.5 Å². The molecule has 2 saturated heterocycles. The quantitative estimate of drug-likeness (QED) is 0.175. The maximum absolute atomic E-state index is 12.7. The monoisotopic (exact) mass is 798 g/mol. The Morgan fingerprint density at radius 3 is 1.88 bits per heavy atom. The van der Waals surface area contributed by atoms with Crippen LogP contribution >= 0.6 is 0 Å². The number of nitrogens with one attached hydrogen (secondary N) is 3. The molecule has 3 aromatic rings. The maximum Gasteiger partial charge on any atom is 0.471 e. The normalized spacial score (nSPS) is 21.1. The van der Waals surface area contributed by atoms with Gasteiger partial charge in [0.15, 0.2) is 5.82 Å². The zero-order valence-corrected chi connectivity index (χ0v) is 31.0. The van der Waals surface area contributed by atoms with E-state index in [0.717, 1.165) is 4.57 Å². The molecule has 2 aromatic heterocycles. The Balaban J connectivity index is 0.000000257. The van der Waals surface area contributed by atoms with Gasteiger partial charge in [0.1, 0.15) is 18.3 Å². The van der Waals surface area contributed by atoms with Gasteiger partial charge in [-0.3, -0.25) is 23.5 Å². The summed E-state index contributed by atoms with van der Waals surface area (Å²) in [4.78, 5) is 66.5. The number of aliphatic hydroxyl groups is 2. The zero-order valence-electron chi connectivity index (χ0n) is 31.0. The van der Waals surface area contributed by atoms with Crippen LogP contribution in [-0.4, -0.2) is 90.7 Å². The Bertz CT molecular complexity index is 2170. The average Bonchev–Trinajstić information content (AvgIpc) is 3.74. The van der Waals surface area contributed by atoms with Crippen molar-refractivity contribution in [1.82, 2.24) is 29.7 Å². The number of carbonyl (C=O) groups excluding carboxylic acids is 3. The number of amides is 3. The summed E-state index contributed by atoms with van der Waals surface area (Å²) in [6.45, 7) is 4.62. The molecule has 6 atom stereocenters. The topological polar surface area (TPSA) is 242 Å². The summed E-state index contributed by atoms with van der Waals surface area (Å²) in [6, 6.07) is 8.51. The number of ether oxygens (including phenoxy) is 2. The highest BCUT2D eigenvalue weighted by Gasteiger charge is 2.38. The molecular weight excluding hydrogens is 757 g/mol. The molecule has 3 amide bonds. The molecule has 17 nitrogen and oxygen atoms in total. The fourth-order valence-corrected chi connectivity index (χ4v) is 5.60. The van der Waals surface area contributed by atoms with Crippen molar-refractivity contribution in [2.75, 3.05) is 24.1 Å². The molecule has 57 heavy (non-hydrogen) atoms. The number of hydrogen-bond donors (Lipinski definition) is 6. The predicted molar refractivity (Wildman–Crippen MR) is 197 cm³/mol. The molecule has 1 aromatic carbocycles. The highest BCUT2D eigenvalue weighted by Crippen LogP contribution is 2.31.